The Kier molecular flexibility index (Phi) is 1.87. The van der Waals surface area contributed by atoms with E-state index in [0.29, 0.717) is 5.82 Å². The van der Waals surface area contributed by atoms with Gasteiger partial charge in [-0.15, -0.1) is 0 Å². The van der Waals surface area contributed by atoms with Crippen LogP contribution in [0.2, 0.25) is 0 Å². The lowest BCUT2D eigenvalue weighted by atomic mass is 10.7. The van der Waals surface area contributed by atoms with Gasteiger partial charge in [0.2, 0.25) is 0 Å². The van der Waals surface area contributed by atoms with Crippen molar-refractivity contribution in [1.82, 2.24) is 10.7 Å². The van der Waals surface area contributed by atoms with E-state index in [2.05, 4.69) is 15.7 Å². The van der Waals surface area contributed by atoms with Crippen LogP contribution in [0.5, 0.6) is 0 Å². The average Bonchev–Trinajstić information content (AvgIpc) is 2.13. The molecular formula is C5H8N4. The Labute approximate surface area is 53.1 Å². The van der Waals surface area contributed by atoms with E-state index in [9.17, 15) is 0 Å². The van der Waals surface area contributed by atoms with E-state index in [4.69, 9.17) is 5.84 Å². The van der Waals surface area contributed by atoms with Crippen molar-refractivity contribution in [2.75, 3.05) is 0 Å². The van der Waals surface area contributed by atoms with Gasteiger partial charge in [-0.1, -0.05) is 0 Å². The number of nitrogens with one attached hydrogen (secondary N) is 2. The first-order valence-corrected chi connectivity index (χ1v) is 2.55. The van der Waals surface area contributed by atoms with Crippen LogP contribution in [0.1, 0.15) is 0 Å². The summed E-state index contributed by atoms with van der Waals surface area (Å²) in [6.07, 6.45) is 6.78. The number of nitrogens with zero attached hydrogens (tertiary/aromatic N) is 1. The molecule has 0 saturated heterocycles. The zero-order valence-corrected chi connectivity index (χ0v) is 4.83. The molecule has 4 N–H and O–H groups in total. The monoisotopic (exact) mass is 124 g/mol. The van der Waals surface area contributed by atoms with Crippen LogP contribution in [0.15, 0.2) is 29.3 Å². The van der Waals surface area contributed by atoms with Crippen molar-refractivity contribution in [3.8, 4) is 0 Å². The lowest BCUT2D eigenvalue weighted by molar-refractivity contribution is 0.801. The molecule has 0 aromatic carbocycles. The number of rotatable bonds is 1. The number of hydrogen-bond acceptors (Lipinski definition) is 4. The van der Waals surface area contributed by atoms with E-state index >= 15 is 0 Å². The summed E-state index contributed by atoms with van der Waals surface area (Å²) in [6, 6.07) is 0. The lowest BCUT2D eigenvalue weighted by Crippen LogP contribution is -2.28. The van der Waals surface area contributed by atoms with E-state index in [1.165, 1.54) is 0 Å². The van der Waals surface area contributed by atoms with Crippen molar-refractivity contribution >= 4 is 6.21 Å². The highest BCUT2D eigenvalue weighted by molar-refractivity contribution is 5.71. The molecule has 0 aliphatic carbocycles. The van der Waals surface area contributed by atoms with Gasteiger partial charge in [0.05, 0.1) is 6.20 Å². The molecule has 0 unspecified atom stereocenters. The second-order valence-corrected chi connectivity index (χ2v) is 1.49. The molecule has 0 spiro atoms. The maximum Gasteiger partial charge on any atom is 0.136 e. The van der Waals surface area contributed by atoms with Gasteiger partial charge in [0.15, 0.2) is 0 Å². The summed E-state index contributed by atoms with van der Waals surface area (Å²) < 4.78 is 0. The van der Waals surface area contributed by atoms with Gasteiger partial charge in [-0.25, -0.2) is 5.84 Å². The summed E-state index contributed by atoms with van der Waals surface area (Å²) in [5, 5.41) is 2.85. The highest BCUT2D eigenvalue weighted by Crippen LogP contribution is 1.85. The summed E-state index contributed by atoms with van der Waals surface area (Å²) in [5.74, 6) is 5.76. The second kappa shape index (κ2) is 2.88. The van der Waals surface area contributed by atoms with Gasteiger partial charge in [-0.2, -0.15) is 0 Å². The molecule has 48 valence electrons. The Balaban J connectivity index is 2.62. The first-order valence-electron chi connectivity index (χ1n) is 2.55. The Hall–Kier alpha value is -1.29. The molecule has 1 aliphatic rings. The molecule has 0 radical (unpaired) electrons. The summed E-state index contributed by atoms with van der Waals surface area (Å²) in [7, 11) is 0. The molecule has 0 aromatic heterocycles. The zero-order chi connectivity index (χ0) is 6.53. The van der Waals surface area contributed by atoms with Crippen molar-refractivity contribution in [3.05, 3.63) is 24.3 Å². The molecule has 0 atom stereocenters. The van der Waals surface area contributed by atoms with Crippen LogP contribution in [0, 0.1) is 0 Å². The van der Waals surface area contributed by atoms with Crippen LogP contribution in [-0.4, -0.2) is 6.21 Å². The van der Waals surface area contributed by atoms with E-state index in [1.54, 1.807) is 24.7 Å². The Morgan fingerprint density at radius 1 is 1.67 bits per heavy atom. The third-order valence-corrected chi connectivity index (χ3v) is 0.866. The van der Waals surface area contributed by atoms with Crippen molar-refractivity contribution in [3.63, 3.8) is 0 Å². The van der Waals surface area contributed by atoms with Gasteiger partial charge in [0, 0.05) is 12.4 Å². The number of nitrogens with two attached hydrogens (primary N) is 1. The number of hydrazine groups is 1. The Morgan fingerprint density at radius 2 is 2.56 bits per heavy atom. The standard InChI is InChI=1S/C5H8N4/c6-9-5-4-7-2-1-3-8-5/h1-4,8-9H,6H2. The van der Waals surface area contributed by atoms with Crippen LogP contribution in [0.25, 0.3) is 0 Å². The predicted octanol–water partition coefficient (Wildman–Crippen LogP) is -0.564. The number of hydrogen-bond donors (Lipinski definition) is 3. The average molecular weight is 124 g/mol. The third-order valence-electron chi connectivity index (χ3n) is 0.866. The minimum Gasteiger partial charge on any atom is -0.346 e. The summed E-state index contributed by atoms with van der Waals surface area (Å²) in [6.45, 7) is 0. The molecule has 4 heteroatoms. The lowest BCUT2D eigenvalue weighted by Gasteiger charge is -2.00. The molecule has 0 fully saturated rings. The Morgan fingerprint density at radius 3 is 3.33 bits per heavy atom. The van der Waals surface area contributed by atoms with E-state index in [0.717, 1.165) is 0 Å². The molecule has 4 nitrogen and oxygen atoms in total. The molecule has 0 amide bonds. The smallest absolute Gasteiger partial charge is 0.136 e. The SMILES string of the molecule is NNC1=CN=CC=CN1. The molecule has 1 rings (SSSR count). The quantitative estimate of drug-likeness (QED) is 0.324. The molecule has 0 bridgehead atoms. The number of aliphatic imine (C=N–C) groups is 1. The molecular weight excluding hydrogens is 116 g/mol. The van der Waals surface area contributed by atoms with Crippen LogP contribution in [0.4, 0.5) is 0 Å². The number of allylic oxidation sites excluding steroid dienone is 1. The zero-order valence-electron chi connectivity index (χ0n) is 4.83. The first kappa shape index (κ1) is 5.84. The van der Waals surface area contributed by atoms with Crippen molar-refractivity contribution < 1.29 is 0 Å². The molecule has 9 heavy (non-hydrogen) atoms. The largest absolute Gasteiger partial charge is 0.346 e. The van der Waals surface area contributed by atoms with Crippen molar-refractivity contribution in [1.29, 1.82) is 0 Å². The fraction of sp³-hybridized carbons (Fsp3) is 0. The molecule has 0 aromatic rings. The normalized spacial score (nSPS) is 15.9. The minimum absolute atomic E-state index is 0.681. The topological polar surface area (TPSA) is 62.4 Å². The second-order valence-electron chi connectivity index (χ2n) is 1.49. The summed E-state index contributed by atoms with van der Waals surface area (Å²) in [5.41, 5.74) is 2.43. The van der Waals surface area contributed by atoms with Crippen LogP contribution < -0.4 is 16.6 Å². The predicted molar refractivity (Wildman–Crippen MR) is 36.2 cm³/mol. The maximum atomic E-state index is 5.08. The fourth-order valence-electron chi connectivity index (χ4n) is 0.464. The molecule has 1 heterocycles. The van der Waals surface area contributed by atoms with Crippen molar-refractivity contribution in [2.24, 2.45) is 10.8 Å². The van der Waals surface area contributed by atoms with E-state index in [1.807, 2.05) is 0 Å². The highest BCUT2D eigenvalue weighted by atomic mass is 15.3. The van der Waals surface area contributed by atoms with Gasteiger partial charge in [0.1, 0.15) is 5.82 Å². The molecule has 1 aliphatic heterocycles. The van der Waals surface area contributed by atoms with Crippen molar-refractivity contribution in [2.45, 2.75) is 0 Å². The fourth-order valence-corrected chi connectivity index (χ4v) is 0.464. The maximum absolute atomic E-state index is 5.08. The van der Waals surface area contributed by atoms with Gasteiger partial charge < -0.3 is 10.7 Å². The van der Waals surface area contributed by atoms with Crippen LogP contribution in [-0.2, 0) is 0 Å². The summed E-state index contributed by atoms with van der Waals surface area (Å²) in [4.78, 5) is 3.84. The third kappa shape index (κ3) is 1.58. The minimum atomic E-state index is 0.681. The van der Waals surface area contributed by atoms with E-state index in [-0.39, 0.29) is 0 Å². The first-order chi connectivity index (χ1) is 4.43. The van der Waals surface area contributed by atoms with Gasteiger partial charge in [0.25, 0.3) is 0 Å². The summed E-state index contributed by atoms with van der Waals surface area (Å²) >= 11 is 0. The van der Waals surface area contributed by atoms with Gasteiger partial charge in [-0.3, -0.25) is 4.99 Å². The van der Waals surface area contributed by atoms with Crippen LogP contribution >= 0.6 is 0 Å². The van der Waals surface area contributed by atoms with E-state index < -0.39 is 0 Å². The van der Waals surface area contributed by atoms with Gasteiger partial charge >= 0.3 is 0 Å². The molecule has 0 saturated carbocycles. The van der Waals surface area contributed by atoms with Gasteiger partial charge in [-0.05, 0) is 6.08 Å². The van der Waals surface area contributed by atoms with Crippen LogP contribution in [0.3, 0.4) is 0 Å². The highest BCUT2D eigenvalue weighted by Gasteiger charge is 1.87. The Bertz CT molecular complexity index is 168.